The van der Waals surface area contributed by atoms with Crippen molar-refractivity contribution in [2.75, 3.05) is 10.6 Å². The number of carboxylic acid groups (broad SMARTS) is 1. The lowest BCUT2D eigenvalue weighted by Gasteiger charge is -2.01. The molecule has 0 radical (unpaired) electrons. The Morgan fingerprint density at radius 3 is 2.47 bits per heavy atom. The average molecular weight is 226 g/mol. The summed E-state index contributed by atoms with van der Waals surface area (Å²) < 4.78 is 0. The second-order valence-corrected chi connectivity index (χ2v) is 3.86. The van der Waals surface area contributed by atoms with Gasteiger partial charge in [0.25, 0.3) is 0 Å². The number of fused-ring (bicyclic) bond motifs is 1. The van der Waals surface area contributed by atoms with Crippen LogP contribution in [0.25, 0.3) is 0 Å². The van der Waals surface area contributed by atoms with Gasteiger partial charge < -0.3 is 15.7 Å². The molecule has 0 aromatic heterocycles. The molecule has 3 N–H and O–H groups in total. The van der Waals surface area contributed by atoms with Crippen LogP contribution >= 0.6 is 0 Å². The minimum Gasteiger partial charge on any atom is -0.478 e. The first-order valence-electron chi connectivity index (χ1n) is 5.24. The average Bonchev–Trinajstić information content (AvgIpc) is 2.96. The summed E-state index contributed by atoms with van der Waals surface area (Å²) in [4.78, 5) is 10.9. The largest absolute Gasteiger partial charge is 0.478 e. The van der Waals surface area contributed by atoms with E-state index in [-0.39, 0.29) is 5.56 Å². The molecule has 2 aliphatic rings. The highest BCUT2D eigenvalue weighted by Crippen LogP contribution is 2.33. The van der Waals surface area contributed by atoms with Crippen LogP contribution in [0.1, 0.15) is 10.4 Å². The predicted molar refractivity (Wildman–Crippen MR) is 66.0 cm³/mol. The molecule has 0 saturated carbocycles. The Hall–Kier alpha value is -2.49. The van der Waals surface area contributed by atoms with Gasteiger partial charge >= 0.3 is 5.97 Å². The maximum Gasteiger partial charge on any atom is 0.335 e. The third-order valence-corrected chi connectivity index (χ3v) is 2.74. The van der Waals surface area contributed by atoms with Crippen molar-refractivity contribution in [2.24, 2.45) is 0 Å². The van der Waals surface area contributed by atoms with Crippen molar-refractivity contribution < 1.29 is 9.90 Å². The van der Waals surface area contributed by atoms with E-state index in [0.717, 1.165) is 22.8 Å². The van der Waals surface area contributed by atoms with E-state index in [4.69, 9.17) is 5.11 Å². The molecule has 1 aromatic carbocycles. The minimum absolute atomic E-state index is 0.279. The van der Waals surface area contributed by atoms with Gasteiger partial charge in [-0.05, 0) is 18.2 Å². The van der Waals surface area contributed by atoms with Crippen molar-refractivity contribution in [2.45, 2.75) is 0 Å². The van der Waals surface area contributed by atoms with E-state index in [1.807, 2.05) is 24.3 Å². The predicted octanol–water partition coefficient (Wildman–Crippen LogP) is 2.56. The van der Waals surface area contributed by atoms with Crippen molar-refractivity contribution in [1.29, 1.82) is 0 Å². The van der Waals surface area contributed by atoms with E-state index in [2.05, 4.69) is 10.6 Å². The summed E-state index contributed by atoms with van der Waals surface area (Å²) in [6.45, 7) is 0. The van der Waals surface area contributed by atoms with Gasteiger partial charge in [-0.25, -0.2) is 4.79 Å². The molecule has 0 unspecified atom stereocenters. The van der Waals surface area contributed by atoms with Gasteiger partial charge in [-0.1, -0.05) is 24.3 Å². The third kappa shape index (κ3) is 1.59. The summed E-state index contributed by atoms with van der Waals surface area (Å²) in [6, 6.07) is 4.98. The number of hydrogen-bond acceptors (Lipinski definition) is 3. The SMILES string of the molecule is O=C(O)c1ccc2c(c1)NC(=C1C=CC=C1)N2. The van der Waals surface area contributed by atoms with Gasteiger partial charge in [-0.3, -0.25) is 0 Å². The number of rotatable bonds is 1. The molecule has 3 rings (SSSR count). The molecule has 4 heteroatoms. The highest BCUT2D eigenvalue weighted by Gasteiger charge is 2.18. The summed E-state index contributed by atoms with van der Waals surface area (Å²) >= 11 is 0. The monoisotopic (exact) mass is 226 g/mol. The van der Waals surface area contributed by atoms with Crippen molar-refractivity contribution in [3.8, 4) is 0 Å². The smallest absolute Gasteiger partial charge is 0.335 e. The second-order valence-electron chi connectivity index (χ2n) is 3.86. The third-order valence-electron chi connectivity index (χ3n) is 2.74. The van der Waals surface area contributed by atoms with Crippen LogP contribution in [0.2, 0.25) is 0 Å². The van der Waals surface area contributed by atoms with Crippen LogP contribution in [0, 0.1) is 0 Å². The number of anilines is 2. The number of nitrogens with one attached hydrogen (secondary N) is 2. The molecule has 0 fully saturated rings. The van der Waals surface area contributed by atoms with Gasteiger partial charge in [0.1, 0.15) is 5.82 Å². The molecule has 0 amide bonds. The first-order chi connectivity index (χ1) is 8.24. The summed E-state index contributed by atoms with van der Waals surface area (Å²) in [6.07, 6.45) is 7.88. The van der Waals surface area contributed by atoms with Gasteiger partial charge in [0.2, 0.25) is 0 Å². The van der Waals surface area contributed by atoms with Crippen LogP contribution in [0.3, 0.4) is 0 Å². The van der Waals surface area contributed by atoms with Crippen molar-refractivity contribution in [3.63, 3.8) is 0 Å². The van der Waals surface area contributed by atoms with E-state index in [1.165, 1.54) is 0 Å². The molecule has 84 valence electrons. The number of carboxylic acids is 1. The van der Waals surface area contributed by atoms with E-state index < -0.39 is 5.97 Å². The van der Waals surface area contributed by atoms with Crippen LogP contribution in [0.15, 0.2) is 53.9 Å². The summed E-state index contributed by atoms with van der Waals surface area (Å²) in [5, 5.41) is 15.3. The Labute approximate surface area is 98.0 Å². The first kappa shape index (κ1) is 9.72. The molecule has 1 aromatic rings. The summed E-state index contributed by atoms with van der Waals surface area (Å²) in [5.74, 6) is -0.0381. The van der Waals surface area contributed by atoms with E-state index in [0.29, 0.717) is 0 Å². The molecule has 0 saturated heterocycles. The highest BCUT2D eigenvalue weighted by molar-refractivity contribution is 5.92. The topological polar surface area (TPSA) is 61.4 Å². The lowest BCUT2D eigenvalue weighted by Crippen LogP contribution is -2.01. The maximum absolute atomic E-state index is 10.9. The lowest BCUT2D eigenvalue weighted by atomic mass is 10.2. The van der Waals surface area contributed by atoms with Gasteiger partial charge in [-0.15, -0.1) is 0 Å². The molecule has 1 aliphatic heterocycles. The van der Waals surface area contributed by atoms with E-state index in [9.17, 15) is 4.79 Å². The van der Waals surface area contributed by atoms with Crippen molar-refractivity contribution in [1.82, 2.24) is 0 Å². The molecule has 0 atom stereocenters. The van der Waals surface area contributed by atoms with E-state index in [1.54, 1.807) is 18.2 Å². The standard InChI is InChI=1S/C13H10N2O2/c16-13(17)9-5-6-10-11(7-9)15-12(14-10)8-3-1-2-4-8/h1-7,14-15H,(H,16,17). The van der Waals surface area contributed by atoms with Crippen LogP contribution in [-0.4, -0.2) is 11.1 Å². The Morgan fingerprint density at radius 2 is 1.76 bits per heavy atom. The molecular formula is C13H10N2O2. The molecule has 17 heavy (non-hydrogen) atoms. The minimum atomic E-state index is -0.920. The zero-order chi connectivity index (χ0) is 11.8. The molecule has 0 bridgehead atoms. The summed E-state index contributed by atoms with van der Waals surface area (Å²) in [7, 11) is 0. The van der Waals surface area contributed by atoms with E-state index >= 15 is 0 Å². The van der Waals surface area contributed by atoms with Crippen molar-refractivity contribution in [3.05, 3.63) is 59.5 Å². The number of hydrogen-bond donors (Lipinski definition) is 3. The molecular weight excluding hydrogens is 216 g/mol. The van der Waals surface area contributed by atoms with Gasteiger partial charge in [0.15, 0.2) is 0 Å². The van der Waals surface area contributed by atoms with Crippen LogP contribution in [0.4, 0.5) is 11.4 Å². The zero-order valence-electron chi connectivity index (χ0n) is 8.90. The first-order valence-corrected chi connectivity index (χ1v) is 5.24. The Balaban J connectivity index is 1.99. The Kier molecular flexibility index (Phi) is 2.01. The normalized spacial score (nSPS) is 15.8. The fourth-order valence-electron chi connectivity index (χ4n) is 1.88. The zero-order valence-corrected chi connectivity index (χ0v) is 8.90. The lowest BCUT2D eigenvalue weighted by molar-refractivity contribution is 0.0697. The Morgan fingerprint density at radius 1 is 1.06 bits per heavy atom. The Bertz CT molecular complexity index is 583. The fraction of sp³-hybridized carbons (Fsp3) is 0. The van der Waals surface area contributed by atoms with Crippen molar-refractivity contribution >= 4 is 17.3 Å². The van der Waals surface area contributed by atoms with Crippen LogP contribution in [-0.2, 0) is 0 Å². The molecule has 4 nitrogen and oxygen atoms in total. The number of benzene rings is 1. The molecule has 0 spiro atoms. The number of allylic oxidation sites excluding steroid dienone is 5. The number of aromatic carboxylic acids is 1. The van der Waals surface area contributed by atoms with Gasteiger partial charge in [0, 0.05) is 5.57 Å². The fourth-order valence-corrected chi connectivity index (χ4v) is 1.88. The van der Waals surface area contributed by atoms with Crippen LogP contribution in [0.5, 0.6) is 0 Å². The van der Waals surface area contributed by atoms with Gasteiger partial charge in [0.05, 0.1) is 16.9 Å². The van der Waals surface area contributed by atoms with Crippen LogP contribution < -0.4 is 10.6 Å². The summed E-state index contributed by atoms with van der Waals surface area (Å²) in [5.41, 5.74) is 3.02. The highest BCUT2D eigenvalue weighted by atomic mass is 16.4. The quantitative estimate of drug-likeness (QED) is 0.688. The maximum atomic E-state index is 10.9. The van der Waals surface area contributed by atoms with Gasteiger partial charge in [-0.2, -0.15) is 0 Å². The molecule has 1 heterocycles. The number of carbonyl (C=O) groups is 1. The second kappa shape index (κ2) is 3.52. The molecule has 1 aliphatic carbocycles.